The smallest absolute Gasteiger partial charge is 0.238 e. The molecule has 0 aliphatic heterocycles. The average molecular weight is 244 g/mol. The molecule has 98 valence electrons. The number of hydrogen-bond acceptors (Lipinski definition) is 1. The van der Waals surface area contributed by atoms with Crippen LogP contribution in [0.5, 0.6) is 0 Å². The number of Topliss-reactive ketones (excluding diaryl/α,β-unsaturated/α-hetero) is 1. The van der Waals surface area contributed by atoms with E-state index in [1.807, 2.05) is 6.92 Å². The van der Waals surface area contributed by atoms with Crippen molar-refractivity contribution in [3.05, 3.63) is 0 Å². The molecule has 0 radical (unpaired) electrons. The van der Waals surface area contributed by atoms with Crippen LogP contribution in [0.4, 0.5) is 8.78 Å². The van der Waals surface area contributed by atoms with Crippen LogP contribution in [0.25, 0.3) is 0 Å². The lowest BCUT2D eigenvalue weighted by atomic mass is 9.62. The average Bonchev–Trinajstić information content (AvgIpc) is 2.55. The Morgan fingerprint density at radius 3 is 2.76 bits per heavy atom. The van der Waals surface area contributed by atoms with Crippen LogP contribution < -0.4 is 0 Å². The van der Waals surface area contributed by atoms with Crippen LogP contribution in [0, 0.1) is 23.2 Å². The molecule has 2 aliphatic rings. The van der Waals surface area contributed by atoms with Crippen molar-refractivity contribution in [2.45, 2.75) is 58.8 Å². The number of ketones is 1. The van der Waals surface area contributed by atoms with Crippen molar-refractivity contribution < 1.29 is 13.6 Å². The second-order valence-corrected chi connectivity index (χ2v) is 6.17. The standard InChI is InChI=1S/C14H22F2O/c1-9(8-13(15)16)10-5-6-11-12(17)4-3-7-14(10,11)2/h9-11,13H,3-8H2,1-2H3/t9-,10?,11?,14?/m1/s1. The Bertz CT molecular complexity index is 303. The molecule has 0 aromatic heterocycles. The van der Waals surface area contributed by atoms with E-state index >= 15 is 0 Å². The van der Waals surface area contributed by atoms with Gasteiger partial charge in [-0.1, -0.05) is 13.8 Å². The summed E-state index contributed by atoms with van der Waals surface area (Å²) in [6.07, 6.45) is 2.35. The highest BCUT2D eigenvalue weighted by Gasteiger charge is 2.52. The van der Waals surface area contributed by atoms with Gasteiger partial charge in [-0.3, -0.25) is 4.79 Å². The van der Waals surface area contributed by atoms with Gasteiger partial charge in [0.25, 0.3) is 0 Å². The lowest BCUT2D eigenvalue weighted by molar-refractivity contribution is -0.130. The molecule has 0 saturated heterocycles. The Hall–Kier alpha value is -0.470. The maximum atomic E-state index is 12.5. The Labute approximate surface area is 102 Å². The van der Waals surface area contributed by atoms with Crippen molar-refractivity contribution in [2.24, 2.45) is 23.2 Å². The van der Waals surface area contributed by atoms with Crippen LogP contribution in [0.15, 0.2) is 0 Å². The molecular weight excluding hydrogens is 222 g/mol. The van der Waals surface area contributed by atoms with Gasteiger partial charge in [-0.15, -0.1) is 0 Å². The summed E-state index contributed by atoms with van der Waals surface area (Å²) >= 11 is 0. The van der Waals surface area contributed by atoms with Gasteiger partial charge in [0.1, 0.15) is 5.78 Å². The molecule has 0 aromatic carbocycles. The number of carbonyl (C=O) groups excluding carboxylic acids is 1. The van der Waals surface area contributed by atoms with Crippen molar-refractivity contribution in [3.63, 3.8) is 0 Å². The van der Waals surface area contributed by atoms with E-state index in [9.17, 15) is 13.6 Å². The second kappa shape index (κ2) is 4.66. The molecule has 0 aromatic rings. The monoisotopic (exact) mass is 244 g/mol. The van der Waals surface area contributed by atoms with E-state index in [2.05, 4.69) is 6.92 Å². The Morgan fingerprint density at radius 1 is 1.41 bits per heavy atom. The van der Waals surface area contributed by atoms with Gasteiger partial charge >= 0.3 is 0 Å². The van der Waals surface area contributed by atoms with Gasteiger partial charge in [0.2, 0.25) is 6.43 Å². The van der Waals surface area contributed by atoms with Gasteiger partial charge in [0.15, 0.2) is 0 Å². The van der Waals surface area contributed by atoms with Gasteiger partial charge in [0, 0.05) is 18.8 Å². The zero-order chi connectivity index (χ0) is 12.6. The zero-order valence-corrected chi connectivity index (χ0v) is 10.7. The fourth-order valence-electron chi connectivity index (χ4n) is 4.35. The highest BCUT2D eigenvalue weighted by atomic mass is 19.3. The molecule has 0 N–H and O–H groups in total. The first kappa shape index (κ1) is 13.0. The van der Waals surface area contributed by atoms with E-state index in [-0.39, 0.29) is 23.7 Å². The lowest BCUT2D eigenvalue weighted by Gasteiger charge is -2.42. The molecule has 0 spiro atoms. The molecule has 2 rings (SSSR count). The first-order chi connectivity index (χ1) is 7.95. The van der Waals surface area contributed by atoms with Crippen LogP contribution in [-0.4, -0.2) is 12.2 Å². The topological polar surface area (TPSA) is 17.1 Å². The number of carbonyl (C=O) groups is 1. The van der Waals surface area contributed by atoms with Crippen LogP contribution in [0.3, 0.4) is 0 Å². The number of hydrogen-bond donors (Lipinski definition) is 0. The predicted octanol–water partition coefficient (Wildman–Crippen LogP) is 4.06. The maximum absolute atomic E-state index is 12.5. The highest BCUT2D eigenvalue weighted by molar-refractivity contribution is 5.83. The molecule has 2 fully saturated rings. The molecule has 1 nitrogen and oxygen atoms in total. The first-order valence-corrected chi connectivity index (χ1v) is 6.76. The number of fused-ring (bicyclic) bond motifs is 1. The van der Waals surface area contributed by atoms with E-state index < -0.39 is 6.43 Å². The lowest BCUT2D eigenvalue weighted by Crippen LogP contribution is -2.39. The summed E-state index contributed by atoms with van der Waals surface area (Å²) in [5.74, 6) is 0.883. The minimum Gasteiger partial charge on any atom is -0.299 e. The van der Waals surface area contributed by atoms with Crippen molar-refractivity contribution in [2.75, 3.05) is 0 Å². The summed E-state index contributed by atoms with van der Waals surface area (Å²) in [5.41, 5.74) is 0.00361. The summed E-state index contributed by atoms with van der Waals surface area (Å²) in [6.45, 7) is 4.10. The molecule has 17 heavy (non-hydrogen) atoms. The van der Waals surface area contributed by atoms with Crippen LogP contribution in [0.1, 0.15) is 52.4 Å². The molecule has 0 amide bonds. The summed E-state index contributed by atoms with van der Waals surface area (Å²) < 4.78 is 25.0. The molecule has 2 aliphatic carbocycles. The van der Waals surface area contributed by atoms with Crippen molar-refractivity contribution in [1.82, 2.24) is 0 Å². The van der Waals surface area contributed by atoms with Crippen molar-refractivity contribution in [1.29, 1.82) is 0 Å². The van der Waals surface area contributed by atoms with Gasteiger partial charge in [-0.25, -0.2) is 8.78 Å². The van der Waals surface area contributed by atoms with E-state index in [4.69, 9.17) is 0 Å². The molecule has 3 heteroatoms. The highest BCUT2D eigenvalue weighted by Crippen LogP contribution is 2.57. The Balaban J connectivity index is 2.12. The summed E-state index contributed by atoms with van der Waals surface area (Å²) in [5, 5.41) is 0. The fourth-order valence-corrected chi connectivity index (χ4v) is 4.35. The summed E-state index contributed by atoms with van der Waals surface area (Å²) in [6, 6.07) is 0. The van der Waals surface area contributed by atoms with E-state index in [1.165, 1.54) is 0 Å². The molecule has 0 bridgehead atoms. The third kappa shape index (κ3) is 2.25. The molecule has 3 unspecified atom stereocenters. The molecule has 0 heterocycles. The minimum atomic E-state index is -2.22. The Morgan fingerprint density at radius 2 is 2.12 bits per heavy atom. The van der Waals surface area contributed by atoms with Crippen LogP contribution in [0.2, 0.25) is 0 Å². The predicted molar refractivity (Wildman–Crippen MR) is 63.0 cm³/mol. The first-order valence-electron chi connectivity index (χ1n) is 6.76. The normalized spacial score (nSPS) is 39.5. The van der Waals surface area contributed by atoms with Crippen LogP contribution >= 0.6 is 0 Å². The molecule has 2 saturated carbocycles. The number of rotatable bonds is 3. The van der Waals surface area contributed by atoms with Crippen LogP contribution in [-0.2, 0) is 4.79 Å². The third-order valence-corrected chi connectivity index (χ3v) is 5.17. The summed E-state index contributed by atoms with van der Waals surface area (Å²) in [4.78, 5) is 11.9. The quantitative estimate of drug-likeness (QED) is 0.731. The Kier molecular flexibility index (Phi) is 3.55. The molecule has 4 atom stereocenters. The summed E-state index contributed by atoms with van der Waals surface area (Å²) in [7, 11) is 0. The van der Waals surface area contributed by atoms with Gasteiger partial charge in [0.05, 0.1) is 0 Å². The number of alkyl halides is 2. The van der Waals surface area contributed by atoms with Gasteiger partial charge in [-0.05, 0) is 42.9 Å². The van der Waals surface area contributed by atoms with Crippen molar-refractivity contribution in [3.8, 4) is 0 Å². The number of halogens is 2. The largest absolute Gasteiger partial charge is 0.299 e. The SMILES string of the molecule is C[C@H](CC(F)F)C1CCC2C(=O)CCCC21C. The van der Waals surface area contributed by atoms with E-state index in [0.29, 0.717) is 18.1 Å². The third-order valence-electron chi connectivity index (χ3n) is 5.17. The second-order valence-electron chi connectivity index (χ2n) is 6.17. The minimum absolute atomic E-state index is 0.00361. The molecular formula is C14H22F2O. The van der Waals surface area contributed by atoms with E-state index in [1.54, 1.807) is 0 Å². The van der Waals surface area contributed by atoms with Gasteiger partial charge < -0.3 is 0 Å². The zero-order valence-electron chi connectivity index (χ0n) is 10.7. The van der Waals surface area contributed by atoms with Crippen molar-refractivity contribution >= 4 is 5.78 Å². The van der Waals surface area contributed by atoms with Gasteiger partial charge in [-0.2, -0.15) is 0 Å². The van der Waals surface area contributed by atoms with E-state index in [0.717, 1.165) is 25.7 Å². The fraction of sp³-hybridized carbons (Fsp3) is 0.929. The maximum Gasteiger partial charge on any atom is 0.238 e.